The van der Waals surface area contributed by atoms with Gasteiger partial charge >= 0.3 is 0 Å². The first-order valence-corrected chi connectivity index (χ1v) is 9.90. The van der Waals surface area contributed by atoms with Gasteiger partial charge in [-0.2, -0.15) is 5.10 Å². The Labute approximate surface area is 165 Å². The van der Waals surface area contributed by atoms with E-state index >= 15 is 0 Å². The molecule has 1 N–H and O–H groups in total. The molecule has 0 radical (unpaired) electrons. The number of nitrogens with one attached hydrogen (secondary N) is 1. The summed E-state index contributed by atoms with van der Waals surface area (Å²) in [6.45, 7) is 7.31. The molecule has 1 aromatic carbocycles. The van der Waals surface area contributed by atoms with Crippen LogP contribution in [0.15, 0.2) is 42.9 Å². The number of rotatable bonds is 5. The van der Waals surface area contributed by atoms with Crippen LogP contribution < -0.4 is 5.32 Å². The largest absolute Gasteiger partial charge is 0.310 e. The zero-order valence-corrected chi connectivity index (χ0v) is 16.7. The molecule has 6 nitrogen and oxygen atoms in total. The number of likely N-dealkylation sites (tertiary alicyclic amines) is 1. The molecule has 3 heterocycles. The van der Waals surface area contributed by atoms with Crippen LogP contribution in [-0.4, -0.2) is 45.2 Å². The monoisotopic (exact) mass is 377 g/mol. The van der Waals surface area contributed by atoms with E-state index < -0.39 is 0 Å². The van der Waals surface area contributed by atoms with Crippen LogP contribution in [-0.2, 0) is 11.8 Å². The van der Waals surface area contributed by atoms with Gasteiger partial charge in [0.05, 0.1) is 12.1 Å². The number of carbonyl (C=O) groups is 1. The van der Waals surface area contributed by atoms with Crippen molar-refractivity contribution in [1.82, 2.24) is 19.7 Å². The number of amides is 1. The molecule has 4 rings (SSSR count). The highest BCUT2D eigenvalue weighted by molar-refractivity contribution is 5.95. The Bertz CT molecular complexity index is 994. The van der Waals surface area contributed by atoms with Crippen molar-refractivity contribution in [3.05, 3.63) is 42.9 Å². The average Bonchev–Trinajstić information content (AvgIpc) is 3.30. The van der Waals surface area contributed by atoms with Crippen molar-refractivity contribution in [2.45, 2.75) is 20.3 Å². The zero-order valence-electron chi connectivity index (χ0n) is 16.7. The SMILES string of the molecule is CC(C)CN1CCC(C(=O)Nc2cc3cc(-c4cnn(C)c4)ccc3cn2)C1. The number of hydrogen-bond donors (Lipinski definition) is 1. The third kappa shape index (κ3) is 4.07. The maximum atomic E-state index is 12.7. The lowest BCUT2D eigenvalue weighted by Crippen LogP contribution is -2.29. The molecule has 0 bridgehead atoms. The van der Waals surface area contributed by atoms with Crippen LogP contribution in [0.25, 0.3) is 21.9 Å². The smallest absolute Gasteiger partial charge is 0.229 e. The van der Waals surface area contributed by atoms with E-state index in [1.165, 1.54) is 0 Å². The average molecular weight is 377 g/mol. The summed E-state index contributed by atoms with van der Waals surface area (Å²) in [7, 11) is 1.91. The highest BCUT2D eigenvalue weighted by Crippen LogP contribution is 2.26. The van der Waals surface area contributed by atoms with Crippen molar-refractivity contribution < 1.29 is 4.79 Å². The predicted molar refractivity (Wildman–Crippen MR) is 112 cm³/mol. The molecule has 2 aromatic heterocycles. The minimum atomic E-state index is 0.0398. The molecule has 146 valence electrons. The van der Waals surface area contributed by atoms with E-state index in [4.69, 9.17) is 0 Å². The fraction of sp³-hybridized carbons (Fsp3) is 0.409. The van der Waals surface area contributed by atoms with Crippen LogP contribution in [0, 0.1) is 11.8 Å². The molecule has 28 heavy (non-hydrogen) atoms. The van der Waals surface area contributed by atoms with Crippen LogP contribution in [0.1, 0.15) is 20.3 Å². The second-order valence-electron chi connectivity index (χ2n) is 8.16. The molecule has 1 amide bonds. The molecule has 1 atom stereocenters. The van der Waals surface area contributed by atoms with Crippen molar-refractivity contribution >= 4 is 22.5 Å². The van der Waals surface area contributed by atoms with Gasteiger partial charge in [-0.25, -0.2) is 4.98 Å². The van der Waals surface area contributed by atoms with E-state index in [0.29, 0.717) is 11.7 Å². The second-order valence-corrected chi connectivity index (χ2v) is 8.16. The fourth-order valence-electron chi connectivity index (χ4n) is 3.92. The quantitative estimate of drug-likeness (QED) is 0.739. The maximum absolute atomic E-state index is 12.7. The topological polar surface area (TPSA) is 63.1 Å². The number of anilines is 1. The molecule has 0 saturated carbocycles. The van der Waals surface area contributed by atoms with E-state index in [1.807, 2.05) is 31.7 Å². The number of pyridine rings is 1. The van der Waals surface area contributed by atoms with Gasteiger partial charge < -0.3 is 10.2 Å². The summed E-state index contributed by atoms with van der Waals surface area (Å²) < 4.78 is 1.79. The summed E-state index contributed by atoms with van der Waals surface area (Å²) in [6.07, 6.45) is 6.58. The van der Waals surface area contributed by atoms with E-state index in [1.54, 1.807) is 4.68 Å². The van der Waals surface area contributed by atoms with Crippen LogP contribution in [0.4, 0.5) is 5.82 Å². The Kier molecular flexibility index (Phi) is 5.13. The molecule has 0 spiro atoms. The molecule has 6 heteroatoms. The summed E-state index contributed by atoms with van der Waals surface area (Å²) >= 11 is 0. The molecule has 3 aromatic rings. The van der Waals surface area contributed by atoms with E-state index in [9.17, 15) is 4.79 Å². The van der Waals surface area contributed by atoms with E-state index in [-0.39, 0.29) is 11.8 Å². The van der Waals surface area contributed by atoms with Gasteiger partial charge in [-0.1, -0.05) is 26.0 Å². The summed E-state index contributed by atoms with van der Waals surface area (Å²) in [5.74, 6) is 1.35. The second kappa shape index (κ2) is 7.72. The summed E-state index contributed by atoms with van der Waals surface area (Å²) in [5, 5.41) is 9.37. The summed E-state index contributed by atoms with van der Waals surface area (Å²) in [5.41, 5.74) is 2.17. The first-order valence-electron chi connectivity index (χ1n) is 9.90. The normalized spacial score (nSPS) is 17.5. The lowest BCUT2D eigenvalue weighted by molar-refractivity contribution is -0.119. The number of fused-ring (bicyclic) bond motifs is 1. The number of nitrogens with zero attached hydrogens (tertiary/aromatic N) is 4. The molecule has 1 fully saturated rings. The molecule has 0 aliphatic carbocycles. The van der Waals surface area contributed by atoms with Crippen molar-refractivity contribution in [2.75, 3.05) is 25.0 Å². The summed E-state index contributed by atoms with van der Waals surface area (Å²) in [6, 6.07) is 8.19. The maximum Gasteiger partial charge on any atom is 0.229 e. The Morgan fingerprint density at radius 2 is 2.07 bits per heavy atom. The number of hydrogen-bond acceptors (Lipinski definition) is 4. The third-order valence-corrected chi connectivity index (χ3v) is 5.28. The Morgan fingerprint density at radius 3 is 2.82 bits per heavy atom. The van der Waals surface area contributed by atoms with Gasteiger partial charge in [-0.05, 0) is 42.0 Å². The lowest BCUT2D eigenvalue weighted by Gasteiger charge is -2.18. The number of carbonyl (C=O) groups excluding carboxylic acids is 1. The molecular formula is C22H27N5O. The van der Waals surface area contributed by atoms with Gasteiger partial charge in [0.25, 0.3) is 0 Å². The van der Waals surface area contributed by atoms with E-state index in [0.717, 1.165) is 48.0 Å². The van der Waals surface area contributed by atoms with Gasteiger partial charge in [-0.15, -0.1) is 0 Å². The lowest BCUT2D eigenvalue weighted by atomic mass is 10.0. The highest BCUT2D eigenvalue weighted by Gasteiger charge is 2.28. The first-order chi connectivity index (χ1) is 13.5. The Hall–Kier alpha value is -2.73. The number of benzene rings is 1. The predicted octanol–water partition coefficient (Wildman–Crippen LogP) is 3.55. The van der Waals surface area contributed by atoms with Crippen molar-refractivity contribution in [2.24, 2.45) is 18.9 Å². The third-order valence-electron chi connectivity index (χ3n) is 5.28. The van der Waals surface area contributed by atoms with Crippen LogP contribution in [0.3, 0.4) is 0 Å². The molecule has 1 aliphatic rings. The van der Waals surface area contributed by atoms with Gasteiger partial charge in [0.1, 0.15) is 5.82 Å². The van der Waals surface area contributed by atoms with Crippen LogP contribution in [0.5, 0.6) is 0 Å². The molecule has 1 saturated heterocycles. The van der Waals surface area contributed by atoms with Gasteiger partial charge in [0, 0.05) is 43.5 Å². The Morgan fingerprint density at radius 1 is 1.21 bits per heavy atom. The molecule has 1 unspecified atom stereocenters. The van der Waals surface area contributed by atoms with Crippen LogP contribution in [0.2, 0.25) is 0 Å². The van der Waals surface area contributed by atoms with Crippen LogP contribution >= 0.6 is 0 Å². The standard InChI is InChI=1S/C22H27N5O/c1-15(2)12-27-7-6-18(14-27)22(28)25-21-9-19-8-16(4-5-17(19)10-23-21)20-11-24-26(3)13-20/h4-5,8-11,13,15,18H,6-7,12,14H2,1-3H3,(H,23,25,28). The number of aromatic nitrogens is 3. The van der Waals surface area contributed by atoms with E-state index in [2.05, 4.69) is 52.3 Å². The zero-order chi connectivity index (χ0) is 19.7. The van der Waals surface area contributed by atoms with Crippen molar-refractivity contribution in [3.8, 4) is 11.1 Å². The van der Waals surface area contributed by atoms with Gasteiger partial charge in [-0.3, -0.25) is 9.48 Å². The molecular weight excluding hydrogens is 350 g/mol. The highest BCUT2D eigenvalue weighted by atomic mass is 16.2. The minimum absolute atomic E-state index is 0.0398. The first kappa shape index (κ1) is 18.6. The fourth-order valence-corrected chi connectivity index (χ4v) is 3.92. The Balaban J connectivity index is 1.49. The number of aryl methyl sites for hydroxylation is 1. The van der Waals surface area contributed by atoms with Gasteiger partial charge in [0.2, 0.25) is 5.91 Å². The van der Waals surface area contributed by atoms with Crippen molar-refractivity contribution in [3.63, 3.8) is 0 Å². The minimum Gasteiger partial charge on any atom is -0.310 e. The van der Waals surface area contributed by atoms with Crippen molar-refractivity contribution in [1.29, 1.82) is 0 Å². The van der Waals surface area contributed by atoms with Gasteiger partial charge in [0.15, 0.2) is 0 Å². The molecule has 1 aliphatic heterocycles. The summed E-state index contributed by atoms with van der Waals surface area (Å²) in [4.78, 5) is 19.5.